The van der Waals surface area contributed by atoms with Crippen molar-refractivity contribution in [3.8, 4) is 0 Å². The Kier molecular flexibility index (Phi) is 4.49. The van der Waals surface area contributed by atoms with Crippen LogP contribution in [0.1, 0.15) is 29.2 Å². The van der Waals surface area contributed by atoms with E-state index < -0.39 is 16.1 Å². The quantitative estimate of drug-likeness (QED) is 0.910. The molecule has 0 unspecified atom stereocenters. The smallest absolute Gasteiger partial charge is 0.207 e. The molecule has 0 aromatic heterocycles. The number of halogens is 1. The van der Waals surface area contributed by atoms with Gasteiger partial charge in [-0.1, -0.05) is 6.07 Å². The third kappa shape index (κ3) is 3.44. The summed E-state index contributed by atoms with van der Waals surface area (Å²) in [5.41, 5.74) is 2.69. The molecule has 0 fully saturated rings. The lowest BCUT2D eigenvalue weighted by atomic mass is 10.0. The largest absolute Gasteiger partial charge is 0.241 e. The van der Waals surface area contributed by atoms with Gasteiger partial charge in [-0.25, -0.2) is 17.5 Å². The van der Waals surface area contributed by atoms with E-state index >= 15 is 0 Å². The number of aryl methyl sites for hydroxylation is 2. The van der Waals surface area contributed by atoms with Crippen LogP contribution in [0.3, 0.4) is 0 Å². The van der Waals surface area contributed by atoms with Crippen LogP contribution >= 0.6 is 11.8 Å². The molecule has 0 spiro atoms. The van der Waals surface area contributed by atoms with E-state index in [1.807, 2.05) is 13.8 Å². The molecule has 1 aliphatic heterocycles. The molecule has 1 aliphatic rings. The van der Waals surface area contributed by atoms with Gasteiger partial charge in [0.1, 0.15) is 5.82 Å². The molecule has 1 N–H and O–H groups in total. The van der Waals surface area contributed by atoms with Gasteiger partial charge >= 0.3 is 0 Å². The third-order valence-corrected chi connectivity index (χ3v) is 6.69. The number of nitrogens with one attached hydrogen (secondary N) is 1. The zero-order chi connectivity index (χ0) is 16.6. The average molecular weight is 351 g/mol. The molecule has 23 heavy (non-hydrogen) atoms. The first kappa shape index (κ1) is 16.5. The van der Waals surface area contributed by atoms with Crippen LogP contribution in [-0.4, -0.2) is 14.2 Å². The van der Waals surface area contributed by atoms with Crippen molar-refractivity contribution in [2.24, 2.45) is 0 Å². The van der Waals surface area contributed by atoms with Crippen molar-refractivity contribution in [1.29, 1.82) is 0 Å². The predicted octanol–water partition coefficient (Wildman–Crippen LogP) is 3.96. The molecule has 0 amide bonds. The van der Waals surface area contributed by atoms with E-state index in [9.17, 15) is 12.8 Å². The highest BCUT2D eigenvalue weighted by Gasteiger charge is 2.26. The molecule has 1 atom stereocenters. The summed E-state index contributed by atoms with van der Waals surface area (Å²) in [5, 5.41) is 0. The predicted molar refractivity (Wildman–Crippen MR) is 90.7 cm³/mol. The highest BCUT2D eigenvalue weighted by Crippen LogP contribution is 2.37. The lowest BCUT2D eigenvalue weighted by Crippen LogP contribution is -2.31. The Morgan fingerprint density at radius 3 is 2.65 bits per heavy atom. The normalized spacial score (nSPS) is 17.8. The second kappa shape index (κ2) is 6.26. The van der Waals surface area contributed by atoms with E-state index in [-0.39, 0.29) is 10.7 Å². The van der Waals surface area contributed by atoms with Crippen LogP contribution in [0.25, 0.3) is 0 Å². The molecule has 3 nitrogen and oxygen atoms in total. The van der Waals surface area contributed by atoms with E-state index in [2.05, 4.69) is 4.72 Å². The molecule has 1 heterocycles. The summed E-state index contributed by atoms with van der Waals surface area (Å²) < 4.78 is 41.6. The van der Waals surface area contributed by atoms with E-state index in [1.165, 1.54) is 12.1 Å². The first-order valence-corrected chi connectivity index (χ1v) is 9.85. The third-order valence-electron chi connectivity index (χ3n) is 4.10. The van der Waals surface area contributed by atoms with Crippen molar-refractivity contribution in [2.45, 2.75) is 36.1 Å². The summed E-state index contributed by atoms with van der Waals surface area (Å²) in [4.78, 5) is 1.18. The van der Waals surface area contributed by atoms with Crippen LogP contribution in [0.2, 0.25) is 0 Å². The van der Waals surface area contributed by atoms with Gasteiger partial charge in [0, 0.05) is 10.9 Å². The van der Waals surface area contributed by atoms with E-state index in [1.54, 1.807) is 36.0 Å². The average Bonchev–Trinajstić information content (AvgIpc) is 2.50. The molecular formula is C17H18FNO2S2. The van der Waals surface area contributed by atoms with Crippen LogP contribution in [0.4, 0.5) is 4.39 Å². The first-order chi connectivity index (χ1) is 10.9. The van der Waals surface area contributed by atoms with E-state index in [4.69, 9.17) is 0 Å². The summed E-state index contributed by atoms with van der Waals surface area (Å²) in [6.07, 6.45) is 0.644. The summed E-state index contributed by atoms with van der Waals surface area (Å²) in [6, 6.07) is 9.23. The van der Waals surface area contributed by atoms with Gasteiger partial charge in [0.15, 0.2) is 0 Å². The Morgan fingerprint density at radius 1 is 1.13 bits per heavy atom. The second-order valence-electron chi connectivity index (χ2n) is 5.74. The fraction of sp³-hybridized carbons (Fsp3) is 0.294. The van der Waals surface area contributed by atoms with Gasteiger partial charge in [-0.3, -0.25) is 0 Å². The molecule has 3 rings (SSSR count). The van der Waals surface area contributed by atoms with Crippen LogP contribution in [0, 0.1) is 19.7 Å². The number of fused-ring (bicyclic) bond motifs is 1. The lowest BCUT2D eigenvalue weighted by Gasteiger charge is -2.26. The molecular weight excluding hydrogens is 333 g/mol. The molecule has 0 aliphatic carbocycles. The topological polar surface area (TPSA) is 46.2 Å². The van der Waals surface area contributed by atoms with Crippen molar-refractivity contribution in [1.82, 2.24) is 4.72 Å². The number of hydrogen-bond acceptors (Lipinski definition) is 3. The Balaban J connectivity index is 1.93. The lowest BCUT2D eigenvalue weighted by molar-refractivity contribution is 0.541. The number of benzene rings is 2. The van der Waals surface area contributed by atoms with Gasteiger partial charge in [0.05, 0.1) is 4.90 Å². The maximum Gasteiger partial charge on any atom is 0.241 e. The highest BCUT2D eigenvalue weighted by molar-refractivity contribution is 7.99. The standard InChI is InChI=1S/C17H18FNO2S2/c1-11-3-5-14(9-12(11)2)23(20,21)19-16-7-8-22-17-6-4-13(18)10-15(16)17/h3-6,9-10,16,19H,7-8H2,1-2H3/t16-/m0/s1. The van der Waals surface area contributed by atoms with Crippen molar-refractivity contribution in [2.75, 3.05) is 5.75 Å². The van der Waals surface area contributed by atoms with Crippen LogP contribution in [0.15, 0.2) is 46.2 Å². The highest BCUT2D eigenvalue weighted by atomic mass is 32.2. The first-order valence-electron chi connectivity index (χ1n) is 7.39. The number of rotatable bonds is 3. The zero-order valence-corrected chi connectivity index (χ0v) is 14.6. The minimum absolute atomic E-state index is 0.247. The molecule has 122 valence electrons. The SMILES string of the molecule is Cc1ccc(S(=O)(=O)N[C@H]2CCSc3ccc(F)cc32)cc1C. The number of thioether (sulfide) groups is 1. The maximum atomic E-state index is 13.5. The van der Waals surface area contributed by atoms with Gasteiger partial charge in [0.25, 0.3) is 0 Å². The Morgan fingerprint density at radius 2 is 1.91 bits per heavy atom. The van der Waals surface area contributed by atoms with E-state index in [0.29, 0.717) is 12.0 Å². The molecule has 2 aromatic carbocycles. The summed E-state index contributed by atoms with van der Waals surface area (Å²) in [5.74, 6) is 0.459. The van der Waals surface area contributed by atoms with Crippen molar-refractivity contribution >= 4 is 21.8 Å². The Labute approximate surface area is 140 Å². The molecule has 0 saturated carbocycles. The minimum Gasteiger partial charge on any atom is -0.207 e. The summed E-state index contributed by atoms with van der Waals surface area (Å²) >= 11 is 1.63. The number of sulfonamides is 1. The Hall–Kier alpha value is -1.37. The van der Waals surface area contributed by atoms with Crippen molar-refractivity contribution in [3.05, 3.63) is 58.9 Å². The molecule has 6 heteroatoms. The van der Waals surface area contributed by atoms with E-state index in [0.717, 1.165) is 21.8 Å². The summed E-state index contributed by atoms with van der Waals surface area (Å²) in [6.45, 7) is 3.83. The van der Waals surface area contributed by atoms with Crippen LogP contribution in [0.5, 0.6) is 0 Å². The molecule has 0 bridgehead atoms. The van der Waals surface area contributed by atoms with Crippen molar-refractivity contribution < 1.29 is 12.8 Å². The van der Waals surface area contributed by atoms with Gasteiger partial charge in [0.2, 0.25) is 10.0 Å². The van der Waals surface area contributed by atoms with Gasteiger partial charge in [-0.15, -0.1) is 11.8 Å². The second-order valence-corrected chi connectivity index (χ2v) is 8.59. The molecule has 0 radical (unpaired) electrons. The Bertz CT molecular complexity index is 850. The van der Waals surface area contributed by atoms with Crippen LogP contribution in [-0.2, 0) is 10.0 Å². The van der Waals surface area contributed by atoms with Crippen LogP contribution < -0.4 is 4.72 Å². The molecule has 2 aromatic rings. The fourth-order valence-electron chi connectivity index (χ4n) is 2.62. The monoisotopic (exact) mass is 351 g/mol. The maximum absolute atomic E-state index is 13.5. The van der Waals surface area contributed by atoms with Gasteiger partial charge in [-0.2, -0.15) is 0 Å². The fourth-order valence-corrected chi connectivity index (χ4v) is 5.06. The minimum atomic E-state index is -3.64. The van der Waals surface area contributed by atoms with Gasteiger partial charge in [-0.05, 0) is 73.0 Å². The molecule has 0 saturated heterocycles. The summed E-state index contributed by atoms with van der Waals surface area (Å²) in [7, 11) is -3.64. The van der Waals surface area contributed by atoms with Gasteiger partial charge < -0.3 is 0 Å². The van der Waals surface area contributed by atoms with Crippen molar-refractivity contribution in [3.63, 3.8) is 0 Å². The zero-order valence-electron chi connectivity index (χ0n) is 13.0. The number of hydrogen-bond donors (Lipinski definition) is 1.